The Morgan fingerprint density at radius 1 is 1.11 bits per heavy atom. The lowest BCUT2D eigenvalue weighted by molar-refractivity contribution is -0.153. The third-order valence-electron chi connectivity index (χ3n) is 2.81. The normalized spacial score (nSPS) is 12.3. The monoisotopic (exact) mass is 263 g/mol. The molecule has 0 saturated heterocycles. The van der Waals surface area contributed by atoms with E-state index in [1.54, 1.807) is 0 Å². The molecule has 0 spiro atoms. The first-order chi connectivity index (χ1) is 8.71. The van der Waals surface area contributed by atoms with E-state index in [9.17, 15) is 4.79 Å². The molecule has 0 aromatic heterocycles. The minimum absolute atomic E-state index is 0.0106. The predicted molar refractivity (Wildman–Crippen MR) is 78.2 cm³/mol. The van der Waals surface area contributed by atoms with Crippen molar-refractivity contribution in [1.82, 2.24) is 5.32 Å². The quantitative estimate of drug-likeness (QED) is 0.830. The van der Waals surface area contributed by atoms with Crippen molar-refractivity contribution in [3.8, 4) is 0 Å². The molecule has 3 heteroatoms. The van der Waals surface area contributed by atoms with Crippen LogP contribution in [0, 0.1) is 0 Å². The van der Waals surface area contributed by atoms with E-state index in [-0.39, 0.29) is 17.9 Å². The number of ether oxygens (including phenoxy) is 1. The zero-order valence-electron chi connectivity index (χ0n) is 12.6. The lowest BCUT2D eigenvalue weighted by Crippen LogP contribution is -2.38. The summed E-state index contributed by atoms with van der Waals surface area (Å²) >= 11 is 0. The second-order valence-corrected chi connectivity index (χ2v) is 6.44. The van der Waals surface area contributed by atoms with E-state index < -0.39 is 5.60 Å². The fourth-order valence-electron chi connectivity index (χ4n) is 1.85. The van der Waals surface area contributed by atoms with Gasteiger partial charge in [-0.25, -0.2) is 0 Å². The van der Waals surface area contributed by atoms with Crippen LogP contribution in [0.1, 0.15) is 40.2 Å². The van der Waals surface area contributed by atoms with E-state index in [0.717, 1.165) is 6.54 Å². The molecule has 0 aliphatic heterocycles. The van der Waals surface area contributed by atoms with Crippen LogP contribution >= 0.6 is 0 Å². The summed E-state index contributed by atoms with van der Waals surface area (Å²) in [6, 6.07) is 10.3. The fraction of sp³-hybridized carbons (Fsp3) is 0.562. The molecule has 0 amide bonds. The second kappa shape index (κ2) is 6.20. The highest BCUT2D eigenvalue weighted by Crippen LogP contribution is 2.21. The van der Waals surface area contributed by atoms with Crippen LogP contribution in [0.3, 0.4) is 0 Å². The van der Waals surface area contributed by atoms with Crippen molar-refractivity contribution < 1.29 is 9.53 Å². The number of carbonyl (C=O) groups is 1. The van der Waals surface area contributed by atoms with Crippen LogP contribution in [-0.4, -0.2) is 24.7 Å². The maximum atomic E-state index is 11.6. The molecule has 3 nitrogen and oxygen atoms in total. The molecule has 19 heavy (non-hydrogen) atoms. The van der Waals surface area contributed by atoms with Gasteiger partial charge in [-0.1, -0.05) is 44.2 Å². The Balaban J connectivity index is 2.43. The zero-order chi connectivity index (χ0) is 14.5. The Morgan fingerprint density at radius 3 is 2.21 bits per heavy atom. The topological polar surface area (TPSA) is 38.3 Å². The molecule has 0 bridgehead atoms. The van der Waals surface area contributed by atoms with Gasteiger partial charge in [0.15, 0.2) is 0 Å². The molecule has 1 N–H and O–H groups in total. The van der Waals surface area contributed by atoms with E-state index in [0.29, 0.717) is 0 Å². The smallest absolute Gasteiger partial charge is 0.320 e. The van der Waals surface area contributed by atoms with Crippen molar-refractivity contribution in [2.24, 2.45) is 0 Å². The summed E-state index contributed by atoms with van der Waals surface area (Å²) in [6.45, 7) is 10.9. The number of hydrogen-bond donors (Lipinski definition) is 1. The van der Waals surface area contributed by atoms with Gasteiger partial charge in [0.05, 0.1) is 6.54 Å². The Labute approximate surface area is 116 Å². The van der Waals surface area contributed by atoms with Gasteiger partial charge in [0, 0.05) is 12.0 Å². The highest BCUT2D eigenvalue weighted by Gasteiger charge is 2.21. The number of carbonyl (C=O) groups excluding carboxylic acids is 1. The second-order valence-electron chi connectivity index (χ2n) is 6.44. The van der Waals surface area contributed by atoms with Gasteiger partial charge in [-0.15, -0.1) is 0 Å². The first-order valence-corrected chi connectivity index (χ1v) is 6.69. The maximum Gasteiger partial charge on any atom is 0.320 e. The Morgan fingerprint density at radius 2 is 1.68 bits per heavy atom. The lowest BCUT2D eigenvalue weighted by Gasteiger charge is -2.26. The SMILES string of the molecule is CC(C)(C)OC(=O)CNCC(C)(C)c1ccccc1. The van der Waals surface area contributed by atoms with Gasteiger partial charge in [0.25, 0.3) is 0 Å². The van der Waals surface area contributed by atoms with Crippen molar-refractivity contribution >= 4 is 5.97 Å². The molecule has 106 valence electrons. The van der Waals surface area contributed by atoms with Gasteiger partial charge in [0.2, 0.25) is 0 Å². The van der Waals surface area contributed by atoms with Crippen LogP contribution in [0.15, 0.2) is 30.3 Å². The number of benzene rings is 1. The summed E-state index contributed by atoms with van der Waals surface area (Å²) in [5, 5.41) is 3.17. The maximum absolute atomic E-state index is 11.6. The average molecular weight is 263 g/mol. The van der Waals surface area contributed by atoms with E-state index >= 15 is 0 Å². The van der Waals surface area contributed by atoms with E-state index in [4.69, 9.17) is 4.74 Å². The molecule has 0 unspecified atom stereocenters. The summed E-state index contributed by atoms with van der Waals surface area (Å²) in [7, 11) is 0. The predicted octanol–water partition coefficient (Wildman–Crippen LogP) is 2.90. The highest BCUT2D eigenvalue weighted by molar-refractivity contribution is 5.72. The van der Waals surface area contributed by atoms with Crippen LogP contribution in [0.5, 0.6) is 0 Å². The molecule has 1 aromatic carbocycles. The van der Waals surface area contributed by atoms with Gasteiger partial charge in [-0.05, 0) is 26.3 Å². The van der Waals surface area contributed by atoms with Crippen molar-refractivity contribution in [2.75, 3.05) is 13.1 Å². The molecular weight excluding hydrogens is 238 g/mol. The summed E-state index contributed by atoms with van der Waals surface area (Å²) in [5.41, 5.74) is 0.823. The summed E-state index contributed by atoms with van der Waals surface area (Å²) in [4.78, 5) is 11.6. The van der Waals surface area contributed by atoms with Crippen LogP contribution in [0.2, 0.25) is 0 Å². The highest BCUT2D eigenvalue weighted by atomic mass is 16.6. The molecule has 1 aromatic rings. The summed E-state index contributed by atoms with van der Waals surface area (Å²) < 4.78 is 5.26. The lowest BCUT2D eigenvalue weighted by atomic mass is 9.85. The minimum atomic E-state index is -0.423. The van der Waals surface area contributed by atoms with Crippen LogP contribution < -0.4 is 5.32 Å². The summed E-state index contributed by atoms with van der Waals surface area (Å²) in [6.07, 6.45) is 0. The zero-order valence-corrected chi connectivity index (χ0v) is 12.6. The number of nitrogens with one attached hydrogen (secondary N) is 1. The Bertz CT molecular complexity index is 405. The minimum Gasteiger partial charge on any atom is -0.459 e. The van der Waals surface area contributed by atoms with Crippen molar-refractivity contribution in [2.45, 2.75) is 45.6 Å². The van der Waals surface area contributed by atoms with Gasteiger partial charge in [0.1, 0.15) is 5.60 Å². The largest absolute Gasteiger partial charge is 0.459 e. The number of hydrogen-bond acceptors (Lipinski definition) is 3. The molecule has 1 rings (SSSR count). The molecular formula is C16H25NO2. The average Bonchev–Trinajstić information content (AvgIpc) is 2.27. The molecule has 0 fully saturated rings. The Kier molecular flexibility index (Phi) is 5.12. The number of rotatable bonds is 5. The first-order valence-electron chi connectivity index (χ1n) is 6.69. The first kappa shape index (κ1) is 15.7. The van der Waals surface area contributed by atoms with Crippen LogP contribution in [0.25, 0.3) is 0 Å². The van der Waals surface area contributed by atoms with Crippen LogP contribution in [0.4, 0.5) is 0 Å². The summed E-state index contributed by atoms with van der Waals surface area (Å²) in [5.74, 6) is -0.212. The van der Waals surface area contributed by atoms with Crippen LogP contribution in [-0.2, 0) is 14.9 Å². The van der Waals surface area contributed by atoms with Crippen molar-refractivity contribution in [3.63, 3.8) is 0 Å². The number of esters is 1. The van der Waals surface area contributed by atoms with E-state index in [1.807, 2.05) is 39.0 Å². The van der Waals surface area contributed by atoms with E-state index in [1.165, 1.54) is 5.56 Å². The van der Waals surface area contributed by atoms with Crippen molar-refractivity contribution in [1.29, 1.82) is 0 Å². The fourth-order valence-corrected chi connectivity index (χ4v) is 1.85. The third kappa shape index (κ3) is 5.88. The van der Waals surface area contributed by atoms with E-state index in [2.05, 4.69) is 31.3 Å². The molecule has 0 aliphatic rings. The molecule has 0 heterocycles. The molecule has 0 radical (unpaired) electrons. The molecule has 0 saturated carbocycles. The van der Waals surface area contributed by atoms with Gasteiger partial charge < -0.3 is 10.1 Å². The third-order valence-corrected chi connectivity index (χ3v) is 2.81. The molecule has 0 atom stereocenters. The van der Waals surface area contributed by atoms with Gasteiger partial charge in [-0.2, -0.15) is 0 Å². The van der Waals surface area contributed by atoms with Gasteiger partial charge >= 0.3 is 5.97 Å². The Hall–Kier alpha value is -1.35. The van der Waals surface area contributed by atoms with Crippen molar-refractivity contribution in [3.05, 3.63) is 35.9 Å². The standard InChI is InChI=1S/C16H25NO2/c1-15(2,3)19-14(18)11-17-12-16(4,5)13-9-7-6-8-10-13/h6-10,17H,11-12H2,1-5H3. The molecule has 0 aliphatic carbocycles. The van der Waals surface area contributed by atoms with Gasteiger partial charge in [-0.3, -0.25) is 4.79 Å².